The van der Waals surface area contributed by atoms with Gasteiger partial charge in [-0.05, 0) is 54.1 Å². The number of hydrogen-bond donors (Lipinski definition) is 2. The second-order valence-corrected chi connectivity index (χ2v) is 7.25. The summed E-state index contributed by atoms with van der Waals surface area (Å²) in [5.74, 6) is 0.251. The minimum absolute atomic E-state index is 0.230. The van der Waals surface area contributed by atoms with Crippen molar-refractivity contribution in [2.24, 2.45) is 10.7 Å². The number of hydrogen-bond acceptors (Lipinski definition) is 4. The largest absolute Gasteiger partial charge is 0.459 e. The smallest absolute Gasteiger partial charge is 0.291 e. The third kappa shape index (κ3) is 5.22. The Bertz CT molecular complexity index is 1020. The van der Waals surface area contributed by atoms with Crippen molar-refractivity contribution in [3.05, 3.63) is 84.1 Å². The van der Waals surface area contributed by atoms with Crippen LogP contribution < -0.4 is 16.0 Å². The Kier molecular flexibility index (Phi) is 6.16. The van der Waals surface area contributed by atoms with Crippen LogP contribution in [0, 0.1) is 5.82 Å². The van der Waals surface area contributed by atoms with E-state index in [9.17, 15) is 9.18 Å². The molecule has 31 heavy (non-hydrogen) atoms. The van der Waals surface area contributed by atoms with Gasteiger partial charge in [0.05, 0.1) is 12.8 Å². The normalized spacial score (nSPS) is 14.5. The second kappa shape index (κ2) is 9.34. The highest BCUT2D eigenvalue weighted by Crippen LogP contribution is 2.17. The summed E-state index contributed by atoms with van der Waals surface area (Å²) in [5, 5.41) is 2.78. The SMILES string of the molecule is NC(=NCc1ccc(NC(=O)c2ccco2)cc1)N1CCN(c2ccc(F)cc2)CC1. The number of guanidine groups is 1. The molecular formula is C23H24FN5O2. The first kappa shape index (κ1) is 20.5. The lowest BCUT2D eigenvalue weighted by molar-refractivity contribution is 0.0996. The maximum Gasteiger partial charge on any atom is 0.291 e. The van der Waals surface area contributed by atoms with Gasteiger partial charge in [0.15, 0.2) is 11.7 Å². The molecule has 1 fully saturated rings. The molecule has 2 heterocycles. The molecule has 160 valence electrons. The van der Waals surface area contributed by atoms with Crippen molar-refractivity contribution in [3.8, 4) is 0 Å². The molecule has 0 unspecified atom stereocenters. The number of furan rings is 1. The van der Waals surface area contributed by atoms with Crippen molar-refractivity contribution in [1.82, 2.24) is 4.90 Å². The van der Waals surface area contributed by atoms with E-state index in [2.05, 4.69) is 20.1 Å². The maximum absolute atomic E-state index is 13.1. The number of halogens is 1. The first-order valence-electron chi connectivity index (χ1n) is 10.1. The first-order valence-corrected chi connectivity index (χ1v) is 10.1. The van der Waals surface area contributed by atoms with E-state index in [0.29, 0.717) is 18.2 Å². The number of piperazine rings is 1. The Morgan fingerprint density at radius 2 is 1.74 bits per heavy atom. The van der Waals surface area contributed by atoms with Gasteiger partial charge >= 0.3 is 0 Å². The molecule has 3 aromatic rings. The molecule has 1 saturated heterocycles. The lowest BCUT2D eigenvalue weighted by Crippen LogP contribution is -2.51. The highest BCUT2D eigenvalue weighted by atomic mass is 19.1. The van der Waals surface area contributed by atoms with Crippen LogP contribution in [-0.4, -0.2) is 42.9 Å². The van der Waals surface area contributed by atoms with Crippen molar-refractivity contribution >= 4 is 23.2 Å². The summed E-state index contributed by atoms with van der Waals surface area (Å²) in [5.41, 5.74) is 8.87. The van der Waals surface area contributed by atoms with E-state index in [1.54, 1.807) is 24.3 Å². The minimum atomic E-state index is -0.292. The molecule has 1 amide bonds. The molecule has 3 N–H and O–H groups in total. The monoisotopic (exact) mass is 421 g/mol. The number of benzene rings is 2. The van der Waals surface area contributed by atoms with Gasteiger partial charge in [-0.3, -0.25) is 4.79 Å². The lowest BCUT2D eigenvalue weighted by atomic mass is 10.2. The molecule has 1 aromatic heterocycles. The summed E-state index contributed by atoms with van der Waals surface area (Å²) >= 11 is 0. The van der Waals surface area contributed by atoms with Crippen LogP contribution in [0.15, 0.2) is 76.3 Å². The molecule has 0 aliphatic carbocycles. The number of nitrogens with one attached hydrogen (secondary N) is 1. The number of nitrogens with two attached hydrogens (primary N) is 1. The fraction of sp³-hybridized carbons (Fsp3) is 0.217. The summed E-state index contributed by atoms with van der Waals surface area (Å²) in [4.78, 5) is 20.8. The summed E-state index contributed by atoms with van der Waals surface area (Å²) in [6, 6.07) is 17.3. The Labute approximate surface area is 180 Å². The number of anilines is 2. The van der Waals surface area contributed by atoms with E-state index < -0.39 is 0 Å². The molecule has 8 heteroatoms. The van der Waals surface area contributed by atoms with Crippen LogP contribution in [0.25, 0.3) is 0 Å². The molecule has 0 radical (unpaired) electrons. The van der Waals surface area contributed by atoms with E-state index in [1.165, 1.54) is 18.4 Å². The maximum atomic E-state index is 13.1. The molecule has 4 rings (SSSR count). The highest BCUT2D eigenvalue weighted by molar-refractivity contribution is 6.02. The Morgan fingerprint density at radius 3 is 2.39 bits per heavy atom. The average Bonchev–Trinajstić information content (AvgIpc) is 3.34. The second-order valence-electron chi connectivity index (χ2n) is 7.25. The van der Waals surface area contributed by atoms with Gasteiger partial charge in [0, 0.05) is 37.6 Å². The predicted octanol–water partition coefficient (Wildman–Crippen LogP) is 3.31. The highest BCUT2D eigenvalue weighted by Gasteiger charge is 2.18. The number of carbonyl (C=O) groups excluding carboxylic acids is 1. The van der Waals surface area contributed by atoms with Crippen molar-refractivity contribution in [2.75, 3.05) is 36.4 Å². The Balaban J connectivity index is 1.27. The molecule has 0 spiro atoms. The summed E-state index contributed by atoms with van der Waals surface area (Å²) < 4.78 is 18.2. The van der Waals surface area contributed by atoms with Gasteiger partial charge in [-0.1, -0.05) is 12.1 Å². The molecule has 0 saturated carbocycles. The standard InChI is InChI=1S/C23H24FN5O2/c24-18-5-9-20(10-6-18)28-11-13-29(14-12-28)23(25)26-16-17-3-7-19(8-4-17)27-22(30)21-2-1-15-31-21/h1-10,15H,11-14,16H2,(H2,25,26)(H,27,30). The third-order valence-electron chi connectivity index (χ3n) is 5.18. The zero-order chi connectivity index (χ0) is 21.6. The zero-order valence-corrected chi connectivity index (χ0v) is 17.0. The Morgan fingerprint density at radius 1 is 1.03 bits per heavy atom. The van der Waals surface area contributed by atoms with E-state index in [4.69, 9.17) is 10.2 Å². The van der Waals surface area contributed by atoms with Crippen molar-refractivity contribution < 1.29 is 13.6 Å². The number of amides is 1. The van der Waals surface area contributed by atoms with Crippen LogP contribution >= 0.6 is 0 Å². The van der Waals surface area contributed by atoms with Gasteiger partial charge in [0.2, 0.25) is 0 Å². The third-order valence-corrected chi connectivity index (χ3v) is 5.18. The molecule has 7 nitrogen and oxygen atoms in total. The first-order chi connectivity index (χ1) is 15.1. The van der Waals surface area contributed by atoms with Crippen LogP contribution in [0.3, 0.4) is 0 Å². The van der Waals surface area contributed by atoms with Gasteiger partial charge in [-0.2, -0.15) is 0 Å². The van der Waals surface area contributed by atoms with E-state index in [0.717, 1.165) is 37.4 Å². The van der Waals surface area contributed by atoms with E-state index in [1.807, 2.05) is 24.3 Å². The molecule has 0 atom stereocenters. The summed E-state index contributed by atoms with van der Waals surface area (Å²) in [6.45, 7) is 3.56. The summed E-state index contributed by atoms with van der Waals surface area (Å²) in [7, 11) is 0. The summed E-state index contributed by atoms with van der Waals surface area (Å²) in [6.07, 6.45) is 1.46. The van der Waals surface area contributed by atoms with E-state index >= 15 is 0 Å². The van der Waals surface area contributed by atoms with Crippen LogP contribution in [0.5, 0.6) is 0 Å². The number of nitrogens with zero attached hydrogens (tertiary/aromatic N) is 3. The van der Waals surface area contributed by atoms with Gasteiger partial charge < -0.3 is 25.3 Å². The molecule has 1 aliphatic rings. The van der Waals surface area contributed by atoms with Crippen molar-refractivity contribution in [1.29, 1.82) is 0 Å². The molecular weight excluding hydrogens is 397 g/mol. The van der Waals surface area contributed by atoms with Crippen molar-refractivity contribution in [3.63, 3.8) is 0 Å². The van der Waals surface area contributed by atoms with Gasteiger partial charge in [0.25, 0.3) is 5.91 Å². The number of carbonyl (C=O) groups is 1. The fourth-order valence-corrected chi connectivity index (χ4v) is 3.41. The van der Waals surface area contributed by atoms with Gasteiger partial charge in [-0.25, -0.2) is 9.38 Å². The van der Waals surface area contributed by atoms with Crippen LogP contribution in [0.4, 0.5) is 15.8 Å². The van der Waals surface area contributed by atoms with Gasteiger partial charge in [0.1, 0.15) is 5.82 Å². The van der Waals surface area contributed by atoms with Crippen LogP contribution in [0.1, 0.15) is 16.1 Å². The number of rotatable bonds is 5. The quantitative estimate of drug-likeness (QED) is 0.488. The predicted molar refractivity (Wildman–Crippen MR) is 119 cm³/mol. The number of aliphatic imine (C=N–C) groups is 1. The molecule has 0 bridgehead atoms. The molecule has 2 aromatic carbocycles. The molecule has 1 aliphatic heterocycles. The zero-order valence-electron chi connectivity index (χ0n) is 17.0. The average molecular weight is 421 g/mol. The van der Waals surface area contributed by atoms with Crippen LogP contribution in [0.2, 0.25) is 0 Å². The van der Waals surface area contributed by atoms with Crippen molar-refractivity contribution in [2.45, 2.75) is 6.54 Å². The fourth-order valence-electron chi connectivity index (χ4n) is 3.41. The van der Waals surface area contributed by atoms with E-state index in [-0.39, 0.29) is 17.5 Å². The minimum Gasteiger partial charge on any atom is -0.459 e. The van der Waals surface area contributed by atoms with Gasteiger partial charge in [-0.15, -0.1) is 0 Å². The Hall–Kier alpha value is -3.81. The van der Waals surface area contributed by atoms with Crippen LogP contribution in [-0.2, 0) is 6.54 Å². The topological polar surface area (TPSA) is 87.1 Å². The lowest BCUT2D eigenvalue weighted by Gasteiger charge is -2.36.